The van der Waals surface area contributed by atoms with Gasteiger partial charge in [0.2, 0.25) is 0 Å². The maximum absolute atomic E-state index is 13.1. The molecule has 40 heavy (non-hydrogen) atoms. The molecule has 4 N–H and O–H groups in total. The number of aliphatic carboxylic acids is 1. The Hall–Kier alpha value is -4.66. The van der Waals surface area contributed by atoms with Gasteiger partial charge in [-0.15, -0.1) is 0 Å². The molecule has 212 valence electrons. The Balaban J connectivity index is 0.000000559. The molecule has 4 rings (SSSR count). The third-order valence-corrected chi connectivity index (χ3v) is 5.64. The predicted molar refractivity (Wildman–Crippen MR) is 135 cm³/mol. The lowest BCUT2D eigenvalue weighted by atomic mass is 10.0. The van der Waals surface area contributed by atoms with Crippen LogP contribution in [0.15, 0.2) is 65.4 Å². The number of H-pyrrole nitrogens is 1. The van der Waals surface area contributed by atoms with Crippen molar-refractivity contribution in [3.8, 4) is 28.1 Å². The molecule has 15 heteroatoms. The fourth-order valence-corrected chi connectivity index (χ4v) is 3.57. The largest absolute Gasteiger partial charge is 0.490 e. The van der Waals surface area contributed by atoms with Gasteiger partial charge in [0, 0.05) is 48.6 Å². The summed E-state index contributed by atoms with van der Waals surface area (Å²) in [7, 11) is 0. The molecule has 0 spiro atoms. The average molecular weight is 566 g/mol. The monoisotopic (exact) mass is 565 g/mol. The molecule has 3 heterocycles. The van der Waals surface area contributed by atoms with E-state index in [0.29, 0.717) is 11.4 Å². The molecule has 3 aromatic heterocycles. The van der Waals surface area contributed by atoms with Crippen molar-refractivity contribution >= 4 is 5.97 Å². The Morgan fingerprint density at radius 2 is 1.68 bits per heavy atom. The van der Waals surface area contributed by atoms with E-state index in [1.54, 1.807) is 13.1 Å². The number of benzene rings is 1. The molecule has 0 fully saturated rings. The number of carbonyl (C=O) groups is 1. The van der Waals surface area contributed by atoms with Crippen LogP contribution in [0.5, 0.6) is 0 Å². The average Bonchev–Trinajstić information content (AvgIpc) is 3.53. The number of nitrogens with two attached hydrogens (primary N) is 1. The lowest BCUT2D eigenvalue weighted by Gasteiger charge is -2.11. The van der Waals surface area contributed by atoms with E-state index in [9.17, 15) is 26.7 Å². The Kier molecular flexibility index (Phi) is 9.31. The van der Waals surface area contributed by atoms with Gasteiger partial charge in [-0.05, 0) is 36.6 Å². The number of aromatic amines is 1. The number of carboxylic acids is 1. The van der Waals surface area contributed by atoms with Crippen molar-refractivity contribution < 1.29 is 31.9 Å². The quantitative estimate of drug-likeness (QED) is 0.286. The zero-order valence-corrected chi connectivity index (χ0v) is 21.2. The van der Waals surface area contributed by atoms with E-state index in [0.717, 1.165) is 28.8 Å². The molecule has 0 atom stereocenters. The van der Waals surface area contributed by atoms with Gasteiger partial charge in [0.25, 0.3) is 6.08 Å². The zero-order chi connectivity index (χ0) is 29.6. The number of rotatable bonds is 7. The van der Waals surface area contributed by atoms with Gasteiger partial charge < -0.3 is 10.8 Å². The number of pyridine rings is 1. The van der Waals surface area contributed by atoms with E-state index in [1.165, 1.54) is 4.57 Å². The first kappa shape index (κ1) is 29.9. The summed E-state index contributed by atoms with van der Waals surface area (Å²) in [6, 6.07) is 9.91. The lowest BCUT2D eigenvalue weighted by molar-refractivity contribution is -0.192. The molecule has 10 nitrogen and oxygen atoms in total. The Labute approximate surface area is 223 Å². The third kappa shape index (κ3) is 7.05. The van der Waals surface area contributed by atoms with Crippen molar-refractivity contribution in [1.82, 2.24) is 29.5 Å². The molecule has 0 unspecified atom stereocenters. The standard InChI is InChI=1S/C23H23F2N7O.C2HF3O2/c1-3-31-13-19(12-28-31)16-6-4-15(5-7-16)18-8-14(2)22(27-11-18)32-20(29-30-23(32)33)9-17(10-26)21(24)25;3-2(4,5)1(6)7/h4-8,11-13H,3,9-10,26H2,1-2H3,(H,30,33);(H,6,7). The Morgan fingerprint density at radius 3 is 2.15 bits per heavy atom. The Bertz CT molecular complexity index is 1570. The van der Waals surface area contributed by atoms with Gasteiger partial charge in [-0.25, -0.2) is 24.2 Å². The maximum atomic E-state index is 13.1. The number of aromatic nitrogens is 6. The van der Waals surface area contributed by atoms with Crippen molar-refractivity contribution in [2.75, 3.05) is 6.54 Å². The number of carboxylic acid groups (broad SMARTS) is 1. The minimum Gasteiger partial charge on any atom is -0.475 e. The van der Waals surface area contributed by atoms with Gasteiger partial charge in [0.15, 0.2) is 0 Å². The molecule has 0 aliphatic heterocycles. The smallest absolute Gasteiger partial charge is 0.475 e. The number of nitrogens with one attached hydrogen (secondary N) is 1. The van der Waals surface area contributed by atoms with Gasteiger partial charge in [0.1, 0.15) is 11.6 Å². The maximum Gasteiger partial charge on any atom is 0.490 e. The fraction of sp³-hybridized carbons (Fsp3) is 0.240. The third-order valence-electron chi connectivity index (χ3n) is 5.64. The summed E-state index contributed by atoms with van der Waals surface area (Å²) in [6.45, 7) is 4.32. The lowest BCUT2D eigenvalue weighted by Crippen LogP contribution is -2.21. The summed E-state index contributed by atoms with van der Waals surface area (Å²) in [5, 5.41) is 17.6. The van der Waals surface area contributed by atoms with E-state index in [-0.39, 0.29) is 24.4 Å². The van der Waals surface area contributed by atoms with E-state index >= 15 is 0 Å². The van der Waals surface area contributed by atoms with E-state index in [1.807, 2.05) is 54.3 Å². The highest BCUT2D eigenvalue weighted by Crippen LogP contribution is 2.26. The topological polar surface area (TPSA) is 145 Å². The zero-order valence-electron chi connectivity index (χ0n) is 21.2. The molecule has 4 aromatic rings. The van der Waals surface area contributed by atoms with Crippen molar-refractivity contribution in [2.45, 2.75) is 33.0 Å². The highest BCUT2D eigenvalue weighted by molar-refractivity contribution is 5.73. The van der Waals surface area contributed by atoms with Crippen LogP contribution in [0.25, 0.3) is 28.1 Å². The number of nitrogens with zero attached hydrogens (tertiary/aromatic N) is 5. The summed E-state index contributed by atoms with van der Waals surface area (Å²) in [4.78, 5) is 25.7. The molecule has 0 radical (unpaired) electrons. The van der Waals surface area contributed by atoms with Gasteiger partial charge >= 0.3 is 17.8 Å². The molecule has 1 aromatic carbocycles. The van der Waals surface area contributed by atoms with Crippen LogP contribution < -0.4 is 11.4 Å². The van der Waals surface area contributed by atoms with Gasteiger partial charge in [0.05, 0.1) is 6.20 Å². The van der Waals surface area contributed by atoms with Crippen LogP contribution in [-0.2, 0) is 17.8 Å². The molecule has 0 bridgehead atoms. The van der Waals surface area contributed by atoms with Crippen LogP contribution in [0, 0.1) is 6.92 Å². The second kappa shape index (κ2) is 12.5. The van der Waals surface area contributed by atoms with Gasteiger partial charge in [-0.3, -0.25) is 4.68 Å². The summed E-state index contributed by atoms with van der Waals surface area (Å²) in [5.41, 5.74) is 9.17. The van der Waals surface area contributed by atoms with Crippen molar-refractivity contribution in [3.05, 3.63) is 82.4 Å². The molecule has 0 aliphatic carbocycles. The second-order valence-electron chi connectivity index (χ2n) is 8.35. The number of alkyl halides is 3. The highest BCUT2D eigenvalue weighted by Gasteiger charge is 2.38. The van der Waals surface area contributed by atoms with E-state index in [2.05, 4.69) is 20.3 Å². The Morgan fingerprint density at radius 1 is 1.07 bits per heavy atom. The van der Waals surface area contributed by atoms with Crippen LogP contribution in [0.3, 0.4) is 0 Å². The number of hydrogen-bond donors (Lipinski definition) is 3. The number of aryl methyl sites for hydroxylation is 2. The fourth-order valence-electron chi connectivity index (χ4n) is 3.57. The van der Waals surface area contributed by atoms with Crippen molar-refractivity contribution in [2.24, 2.45) is 5.73 Å². The summed E-state index contributed by atoms with van der Waals surface area (Å²) in [5.74, 6) is -2.31. The SMILES string of the molecule is CCn1cc(-c2ccc(-c3cnc(-n4c(CC(CN)=C(F)F)n[nH]c4=O)c(C)c3)cc2)cn1.O=C(O)C(F)(F)F. The predicted octanol–water partition coefficient (Wildman–Crippen LogP) is 4.10. The minimum atomic E-state index is -5.08. The molecule has 0 amide bonds. The first-order valence-corrected chi connectivity index (χ1v) is 11.6. The van der Waals surface area contributed by atoms with Crippen LogP contribution in [0.2, 0.25) is 0 Å². The van der Waals surface area contributed by atoms with Crippen molar-refractivity contribution in [1.29, 1.82) is 0 Å². The van der Waals surface area contributed by atoms with Gasteiger partial charge in [-0.2, -0.15) is 32.1 Å². The molecular formula is C25H24F5N7O3. The van der Waals surface area contributed by atoms with Crippen LogP contribution in [0.1, 0.15) is 18.3 Å². The number of hydrogen-bond acceptors (Lipinski definition) is 6. The first-order valence-electron chi connectivity index (χ1n) is 11.6. The van der Waals surface area contributed by atoms with Crippen LogP contribution in [-0.4, -0.2) is 53.3 Å². The normalized spacial score (nSPS) is 11.1. The molecular weight excluding hydrogens is 541 g/mol. The minimum absolute atomic E-state index is 0.119. The summed E-state index contributed by atoms with van der Waals surface area (Å²) < 4.78 is 60.9. The number of halogens is 5. The van der Waals surface area contributed by atoms with E-state index in [4.69, 9.17) is 15.6 Å². The highest BCUT2D eigenvalue weighted by atomic mass is 19.4. The van der Waals surface area contributed by atoms with Crippen molar-refractivity contribution in [3.63, 3.8) is 0 Å². The summed E-state index contributed by atoms with van der Waals surface area (Å²) >= 11 is 0. The van der Waals surface area contributed by atoms with E-state index < -0.39 is 23.9 Å². The summed E-state index contributed by atoms with van der Waals surface area (Å²) in [6.07, 6.45) is -1.73. The molecule has 0 aliphatic rings. The molecule has 0 saturated heterocycles. The second-order valence-corrected chi connectivity index (χ2v) is 8.35. The molecule has 0 saturated carbocycles. The van der Waals surface area contributed by atoms with Crippen LogP contribution >= 0.6 is 0 Å². The van der Waals surface area contributed by atoms with Gasteiger partial charge in [-0.1, -0.05) is 24.3 Å². The van der Waals surface area contributed by atoms with Crippen LogP contribution in [0.4, 0.5) is 22.0 Å². The first-order chi connectivity index (χ1) is 18.8.